The molecule has 0 saturated carbocycles. The van der Waals surface area contributed by atoms with Crippen LogP contribution in [0, 0.1) is 0 Å². The van der Waals surface area contributed by atoms with Crippen LogP contribution in [0.5, 0.6) is 5.75 Å². The molecule has 4 nitrogen and oxygen atoms in total. The van der Waals surface area contributed by atoms with Crippen molar-refractivity contribution in [2.45, 2.75) is 31.3 Å². The Bertz CT molecular complexity index is 427. The largest absolute Gasteiger partial charge is 0.508 e. The van der Waals surface area contributed by atoms with Gasteiger partial charge in [-0.3, -0.25) is 4.79 Å². The van der Waals surface area contributed by atoms with Gasteiger partial charge in [-0.2, -0.15) is 0 Å². The van der Waals surface area contributed by atoms with Gasteiger partial charge in [0.25, 0.3) is 0 Å². The van der Waals surface area contributed by atoms with Crippen LogP contribution >= 0.6 is 0 Å². The molecule has 1 aromatic carbocycles. The van der Waals surface area contributed by atoms with Crippen molar-refractivity contribution in [2.24, 2.45) is 0 Å². The molecular formula is C12H14O4. The van der Waals surface area contributed by atoms with Crippen molar-refractivity contribution in [1.82, 2.24) is 0 Å². The molecule has 0 aromatic heterocycles. The number of aliphatic carboxylic acids is 1. The zero-order chi connectivity index (χ0) is 11.8. The Kier molecular flexibility index (Phi) is 2.59. The van der Waals surface area contributed by atoms with Crippen molar-refractivity contribution >= 4 is 5.97 Å². The van der Waals surface area contributed by atoms with Gasteiger partial charge in [0, 0.05) is 6.42 Å². The number of aliphatic hydroxyl groups is 1. The Morgan fingerprint density at radius 1 is 1.38 bits per heavy atom. The molecule has 0 spiro atoms. The standard InChI is InChI=1S/C12H14O4/c13-10-2-1-8-3-4-12(16,7-11(14)15)6-9(8)5-10/h1-2,5,13,16H,3-4,6-7H2,(H,14,15). The molecule has 3 N–H and O–H groups in total. The predicted octanol–water partition coefficient (Wildman–Crippen LogP) is 1.09. The molecule has 0 heterocycles. The molecule has 4 heteroatoms. The summed E-state index contributed by atoms with van der Waals surface area (Å²) in [5.74, 6) is -0.843. The maximum absolute atomic E-state index is 10.6. The molecule has 0 amide bonds. The van der Waals surface area contributed by atoms with E-state index in [1.165, 1.54) is 0 Å². The molecule has 0 aliphatic heterocycles. The van der Waals surface area contributed by atoms with E-state index in [0.29, 0.717) is 19.3 Å². The maximum atomic E-state index is 10.6. The van der Waals surface area contributed by atoms with Crippen LogP contribution in [0.2, 0.25) is 0 Å². The van der Waals surface area contributed by atoms with Gasteiger partial charge in [-0.05, 0) is 36.1 Å². The van der Waals surface area contributed by atoms with Gasteiger partial charge in [-0.25, -0.2) is 0 Å². The van der Waals surface area contributed by atoms with E-state index >= 15 is 0 Å². The van der Waals surface area contributed by atoms with Crippen LogP contribution in [-0.2, 0) is 17.6 Å². The van der Waals surface area contributed by atoms with Crippen LogP contribution < -0.4 is 0 Å². The van der Waals surface area contributed by atoms with Gasteiger partial charge in [0.15, 0.2) is 0 Å². The summed E-state index contributed by atoms with van der Waals surface area (Å²) in [4.78, 5) is 10.6. The van der Waals surface area contributed by atoms with Gasteiger partial charge in [0.05, 0.1) is 12.0 Å². The summed E-state index contributed by atoms with van der Waals surface area (Å²) in [5.41, 5.74) is 0.745. The number of phenolic OH excluding ortho intramolecular Hbond substituents is 1. The first-order chi connectivity index (χ1) is 7.48. The second-order valence-corrected chi connectivity index (χ2v) is 4.42. The summed E-state index contributed by atoms with van der Waals surface area (Å²) >= 11 is 0. The Morgan fingerprint density at radius 3 is 2.81 bits per heavy atom. The number of aromatic hydroxyl groups is 1. The van der Waals surface area contributed by atoms with Crippen LogP contribution in [0.15, 0.2) is 18.2 Å². The van der Waals surface area contributed by atoms with E-state index in [1.54, 1.807) is 12.1 Å². The Morgan fingerprint density at radius 2 is 2.12 bits per heavy atom. The smallest absolute Gasteiger partial charge is 0.306 e. The lowest BCUT2D eigenvalue weighted by atomic mass is 9.78. The molecule has 1 aromatic rings. The average Bonchev–Trinajstić information content (AvgIpc) is 2.14. The molecule has 1 atom stereocenters. The lowest BCUT2D eigenvalue weighted by Gasteiger charge is -2.32. The van der Waals surface area contributed by atoms with Crippen LogP contribution in [0.25, 0.3) is 0 Å². The number of carboxylic acid groups (broad SMARTS) is 1. The summed E-state index contributed by atoms with van der Waals surface area (Å²) < 4.78 is 0. The molecule has 0 radical (unpaired) electrons. The number of hydrogen-bond donors (Lipinski definition) is 3. The van der Waals surface area contributed by atoms with Gasteiger partial charge in [0.2, 0.25) is 0 Å². The van der Waals surface area contributed by atoms with Crippen molar-refractivity contribution in [3.8, 4) is 5.75 Å². The van der Waals surface area contributed by atoms with Crippen molar-refractivity contribution in [1.29, 1.82) is 0 Å². The maximum Gasteiger partial charge on any atom is 0.306 e. The van der Waals surface area contributed by atoms with Crippen LogP contribution in [-0.4, -0.2) is 26.9 Å². The van der Waals surface area contributed by atoms with E-state index in [4.69, 9.17) is 5.11 Å². The molecule has 1 aliphatic rings. The predicted molar refractivity (Wildman–Crippen MR) is 57.3 cm³/mol. The van der Waals surface area contributed by atoms with Crippen LogP contribution in [0.3, 0.4) is 0 Å². The highest BCUT2D eigenvalue weighted by Gasteiger charge is 2.34. The fourth-order valence-electron chi connectivity index (χ4n) is 2.26. The van der Waals surface area contributed by atoms with E-state index in [2.05, 4.69) is 0 Å². The minimum Gasteiger partial charge on any atom is -0.508 e. The number of hydrogen-bond acceptors (Lipinski definition) is 3. The molecule has 0 fully saturated rings. The molecule has 1 aliphatic carbocycles. The molecule has 1 unspecified atom stereocenters. The molecule has 0 saturated heterocycles. The molecule has 16 heavy (non-hydrogen) atoms. The zero-order valence-corrected chi connectivity index (χ0v) is 8.81. The highest BCUT2D eigenvalue weighted by molar-refractivity contribution is 5.68. The van der Waals surface area contributed by atoms with Crippen molar-refractivity contribution in [3.05, 3.63) is 29.3 Å². The van der Waals surface area contributed by atoms with Gasteiger partial charge in [-0.15, -0.1) is 0 Å². The summed E-state index contributed by atoms with van der Waals surface area (Å²) in [6, 6.07) is 5.03. The lowest BCUT2D eigenvalue weighted by Crippen LogP contribution is -2.38. The number of aryl methyl sites for hydroxylation is 1. The Balaban J connectivity index is 2.25. The summed E-state index contributed by atoms with van der Waals surface area (Å²) in [6.07, 6.45) is 1.15. The van der Waals surface area contributed by atoms with E-state index in [-0.39, 0.29) is 12.2 Å². The fraction of sp³-hybridized carbons (Fsp3) is 0.417. The Labute approximate surface area is 93.2 Å². The Hall–Kier alpha value is -1.55. The minimum atomic E-state index is -1.17. The third-order valence-corrected chi connectivity index (χ3v) is 3.05. The van der Waals surface area contributed by atoms with E-state index in [9.17, 15) is 15.0 Å². The van der Waals surface area contributed by atoms with Gasteiger partial charge >= 0.3 is 5.97 Å². The number of carboxylic acids is 1. The zero-order valence-electron chi connectivity index (χ0n) is 8.81. The highest BCUT2D eigenvalue weighted by Crippen LogP contribution is 2.32. The number of fused-ring (bicyclic) bond motifs is 1. The van der Waals surface area contributed by atoms with E-state index < -0.39 is 11.6 Å². The fourth-order valence-corrected chi connectivity index (χ4v) is 2.26. The van der Waals surface area contributed by atoms with E-state index in [0.717, 1.165) is 11.1 Å². The highest BCUT2D eigenvalue weighted by atomic mass is 16.4. The monoisotopic (exact) mass is 222 g/mol. The summed E-state index contributed by atoms with van der Waals surface area (Å²) in [7, 11) is 0. The van der Waals surface area contributed by atoms with E-state index in [1.807, 2.05) is 6.07 Å². The molecule has 2 rings (SSSR count). The van der Waals surface area contributed by atoms with Gasteiger partial charge in [0.1, 0.15) is 5.75 Å². The number of carbonyl (C=O) groups is 1. The number of benzene rings is 1. The average molecular weight is 222 g/mol. The van der Waals surface area contributed by atoms with Crippen molar-refractivity contribution in [3.63, 3.8) is 0 Å². The first-order valence-corrected chi connectivity index (χ1v) is 5.23. The van der Waals surface area contributed by atoms with Crippen molar-refractivity contribution in [2.75, 3.05) is 0 Å². The minimum absolute atomic E-state index is 0.151. The van der Waals surface area contributed by atoms with Crippen LogP contribution in [0.4, 0.5) is 0 Å². The quantitative estimate of drug-likeness (QED) is 0.700. The SMILES string of the molecule is O=C(O)CC1(O)CCc2ccc(O)cc2C1. The van der Waals surface area contributed by atoms with Gasteiger partial charge in [-0.1, -0.05) is 6.07 Å². The molecule has 0 bridgehead atoms. The first kappa shape index (κ1) is 11.0. The normalized spacial score (nSPS) is 23.8. The van der Waals surface area contributed by atoms with Crippen molar-refractivity contribution < 1.29 is 20.1 Å². The third kappa shape index (κ3) is 2.17. The van der Waals surface area contributed by atoms with Gasteiger partial charge < -0.3 is 15.3 Å². The summed E-state index contributed by atoms with van der Waals surface area (Å²) in [5, 5.41) is 28.2. The number of rotatable bonds is 2. The van der Waals surface area contributed by atoms with Crippen LogP contribution in [0.1, 0.15) is 24.0 Å². The molecule has 86 valence electrons. The molecular weight excluding hydrogens is 208 g/mol. The first-order valence-electron chi connectivity index (χ1n) is 5.23. The summed E-state index contributed by atoms with van der Waals surface area (Å²) in [6.45, 7) is 0. The second kappa shape index (κ2) is 3.79. The third-order valence-electron chi connectivity index (χ3n) is 3.05. The second-order valence-electron chi connectivity index (χ2n) is 4.42. The topological polar surface area (TPSA) is 77.8 Å². The lowest BCUT2D eigenvalue weighted by molar-refractivity contribution is -0.143. The number of phenols is 1.